The van der Waals surface area contributed by atoms with Crippen LogP contribution in [0.25, 0.3) is 0 Å². The summed E-state index contributed by atoms with van der Waals surface area (Å²) in [5.41, 5.74) is 0.631. The van der Waals surface area contributed by atoms with Crippen LogP contribution in [0, 0.1) is 0 Å². The van der Waals surface area contributed by atoms with Gasteiger partial charge in [-0.2, -0.15) is 4.31 Å². The molecule has 5 nitrogen and oxygen atoms in total. The average Bonchev–Trinajstić information content (AvgIpc) is 2.38. The smallest absolute Gasteiger partial charge is 0.243 e. The van der Waals surface area contributed by atoms with Crippen LogP contribution in [0.3, 0.4) is 0 Å². The lowest BCUT2D eigenvalue weighted by atomic mass is 10.1. The number of nitrogens with zero attached hydrogens (tertiary/aromatic N) is 1. The zero-order valence-corrected chi connectivity index (χ0v) is 13.0. The van der Waals surface area contributed by atoms with Gasteiger partial charge in [0.25, 0.3) is 0 Å². The topological polar surface area (TPSA) is 58.6 Å². The SMILES string of the molecule is CNCc1ccc(S(=O)(=O)N2CCOC(C)(C)C2)cc1. The van der Waals surface area contributed by atoms with Crippen LogP contribution in [0.15, 0.2) is 29.2 Å². The van der Waals surface area contributed by atoms with Crippen LogP contribution in [-0.2, 0) is 21.3 Å². The van der Waals surface area contributed by atoms with Gasteiger partial charge in [0, 0.05) is 19.6 Å². The molecule has 1 N–H and O–H groups in total. The van der Waals surface area contributed by atoms with Crippen molar-refractivity contribution in [1.29, 1.82) is 0 Å². The zero-order valence-electron chi connectivity index (χ0n) is 12.2. The van der Waals surface area contributed by atoms with Gasteiger partial charge in [0.05, 0.1) is 17.1 Å². The number of sulfonamides is 1. The fraction of sp³-hybridized carbons (Fsp3) is 0.571. The standard InChI is InChI=1S/C14H22N2O3S/c1-14(2)11-16(8-9-19-14)20(17,18)13-6-4-12(5-7-13)10-15-3/h4-7,15H,8-11H2,1-3H3. The first-order valence-electron chi connectivity index (χ1n) is 6.73. The van der Waals surface area contributed by atoms with E-state index in [0.717, 1.165) is 12.1 Å². The van der Waals surface area contributed by atoms with Crippen molar-refractivity contribution in [3.63, 3.8) is 0 Å². The van der Waals surface area contributed by atoms with Crippen LogP contribution < -0.4 is 5.32 Å². The molecule has 1 aromatic carbocycles. The maximum absolute atomic E-state index is 12.6. The summed E-state index contributed by atoms with van der Waals surface area (Å²) in [6, 6.07) is 7.03. The Morgan fingerprint density at radius 1 is 1.30 bits per heavy atom. The molecule has 1 fully saturated rings. The molecule has 1 aliphatic heterocycles. The minimum absolute atomic E-state index is 0.343. The van der Waals surface area contributed by atoms with Gasteiger partial charge in [-0.25, -0.2) is 8.42 Å². The Morgan fingerprint density at radius 3 is 2.50 bits per heavy atom. The van der Waals surface area contributed by atoms with Crippen LogP contribution in [0.1, 0.15) is 19.4 Å². The molecule has 20 heavy (non-hydrogen) atoms. The second kappa shape index (κ2) is 5.81. The second-order valence-corrected chi connectivity index (χ2v) is 7.56. The third kappa shape index (κ3) is 3.38. The molecule has 1 aliphatic rings. The minimum Gasteiger partial charge on any atom is -0.373 e. The fourth-order valence-electron chi connectivity index (χ4n) is 2.31. The molecule has 0 radical (unpaired) electrons. The Hall–Kier alpha value is -0.950. The molecule has 2 rings (SSSR count). The molecule has 112 valence electrons. The van der Waals surface area contributed by atoms with E-state index in [0.29, 0.717) is 24.6 Å². The first-order valence-corrected chi connectivity index (χ1v) is 8.17. The number of benzene rings is 1. The van der Waals surface area contributed by atoms with Crippen LogP contribution in [-0.4, -0.2) is 45.1 Å². The van der Waals surface area contributed by atoms with Crippen LogP contribution in [0.4, 0.5) is 0 Å². The summed E-state index contributed by atoms with van der Waals surface area (Å²) in [7, 11) is -1.57. The number of morpholine rings is 1. The van der Waals surface area contributed by atoms with E-state index in [1.807, 2.05) is 33.0 Å². The summed E-state index contributed by atoms with van der Waals surface area (Å²) < 4.78 is 32.3. The summed E-state index contributed by atoms with van der Waals surface area (Å²) in [4.78, 5) is 0.343. The Balaban J connectivity index is 2.21. The van der Waals surface area contributed by atoms with Crippen molar-refractivity contribution >= 4 is 10.0 Å². The van der Waals surface area contributed by atoms with E-state index in [9.17, 15) is 8.42 Å². The quantitative estimate of drug-likeness (QED) is 0.907. The van der Waals surface area contributed by atoms with Crippen LogP contribution in [0.2, 0.25) is 0 Å². The lowest BCUT2D eigenvalue weighted by Crippen LogP contribution is -2.50. The van der Waals surface area contributed by atoms with Gasteiger partial charge in [-0.05, 0) is 38.6 Å². The van der Waals surface area contributed by atoms with Crippen molar-refractivity contribution in [3.8, 4) is 0 Å². The summed E-state index contributed by atoms with van der Waals surface area (Å²) in [6.45, 7) is 5.77. The highest BCUT2D eigenvalue weighted by Gasteiger charge is 2.34. The molecule has 0 atom stereocenters. The highest BCUT2D eigenvalue weighted by atomic mass is 32.2. The number of nitrogens with one attached hydrogen (secondary N) is 1. The van der Waals surface area contributed by atoms with Crippen LogP contribution >= 0.6 is 0 Å². The van der Waals surface area contributed by atoms with Gasteiger partial charge in [-0.3, -0.25) is 0 Å². The highest BCUT2D eigenvalue weighted by Crippen LogP contribution is 2.23. The molecule has 1 heterocycles. The van der Waals surface area contributed by atoms with Crippen molar-refractivity contribution in [2.75, 3.05) is 26.7 Å². The maximum atomic E-state index is 12.6. The monoisotopic (exact) mass is 298 g/mol. The van der Waals surface area contributed by atoms with Gasteiger partial charge in [0.1, 0.15) is 0 Å². The molecular formula is C14H22N2O3S. The average molecular weight is 298 g/mol. The molecule has 0 spiro atoms. The molecule has 0 saturated carbocycles. The van der Waals surface area contributed by atoms with Crippen molar-refractivity contribution in [2.24, 2.45) is 0 Å². The fourth-order valence-corrected chi connectivity index (χ4v) is 3.88. The third-order valence-corrected chi connectivity index (χ3v) is 5.19. The van der Waals surface area contributed by atoms with Crippen molar-refractivity contribution in [3.05, 3.63) is 29.8 Å². The van der Waals surface area contributed by atoms with E-state index in [-0.39, 0.29) is 0 Å². The molecule has 0 bridgehead atoms. The molecule has 6 heteroatoms. The van der Waals surface area contributed by atoms with Crippen molar-refractivity contribution < 1.29 is 13.2 Å². The normalized spacial score (nSPS) is 19.9. The summed E-state index contributed by atoms with van der Waals surface area (Å²) in [5.74, 6) is 0. The van der Waals surface area contributed by atoms with Gasteiger partial charge >= 0.3 is 0 Å². The first kappa shape index (κ1) is 15.4. The second-order valence-electron chi connectivity index (χ2n) is 5.62. The highest BCUT2D eigenvalue weighted by molar-refractivity contribution is 7.89. The lowest BCUT2D eigenvalue weighted by Gasteiger charge is -2.37. The maximum Gasteiger partial charge on any atom is 0.243 e. The molecule has 0 unspecified atom stereocenters. The van der Waals surface area contributed by atoms with E-state index in [1.54, 1.807) is 12.1 Å². The Labute approximate surface area is 121 Å². The first-order chi connectivity index (χ1) is 9.35. The lowest BCUT2D eigenvalue weighted by molar-refractivity contribution is -0.0640. The Morgan fingerprint density at radius 2 is 1.95 bits per heavy atom. The third-order valence-electron chi connectivity index (χ3n) is 3.33. The molecule has 1 aromatic rings. The van der Waals surface area contributed by atoms with Gasteiger partial charge in [-0.15, -0.1) is 0 Å². The Bertz CT molecular complexity index is 552. The van der Waals surface area contributed by atoms with E-state index in [4.69, 9.17) is 4.74 Å². The summed E-state index contributed by atoms with van der Waals surface area (Å²) in [6.07, 6.45) is 0. The van der Waals surface area contributed by atoms with Crippen LogP contribution in [0.5, 0.6) is 0 Å². The van der Waals surface area contributed by atoms with Crippen molar-refractivity contribution in [2.45, 2.75) is 30.9 Å². The molecule has 0 amide bonds. The number of ether oxygens (including phenoxy) is 1. The van der Waals surface area contributed by atoms with Gasteiger partial charge in [0.2, 0.25) is 10.0 Å². The summed E-state index contributed by atoms with van der Waals surface area (Å²) >= 11 is 0. The van der Waals surface area contributed by atoms with E-state index in [1.165, 1.54) is 4.31 Å². The van der Waals surface area contributed by atoms with E-state index in [2.05, 4.69) is 5.32 Å². The zero-order chi connectivity index (χ0) is 14.8. The predicted molar refractivity (Wildman–Crippen MR) is 78.0 cm³/mol. The number of hydrogen-bond acceptors (Lipinski definition) is 4. The predicted octanol–water partition coefficient (Wildman–Crippen LogP) is 1.21. The molecule has 0 aliphatic carbocycles. The number of hydrogen-bond donors (Lipinski definition) is 1. The molecule has 0 aromatic heterocycles. The van der Waals surface area contributed by atoms with Gasteiger partial charge < -0.3 is 10.1 Å². The minimum atomic E-state index is -3.43. The van der Waals surface area contributed by atoms with Gasteiger partial charge in [-0.1, -0.05) is 12.1 Å². The summed E-state index contributed by atoms with van der Waals surface area (Å²) in [5, 5.41) is 3.04. The van der Waals surface area contributed by atoms with Gasteiger partial charge in [0.15, 0.2) is 0 Å². The largest absolute Gasteiger partial charge is 0.373 e. The number of rotatable bonds is 4. The van der Waals surface area contributed by atoms with E-state index < -0.39 is 15.6 Å². The van der Waals surface area contributed by atoms with Crippen molar-refractivity contribution in [1.82, 2.24) is 9.62 Å². The molecular weight excluding hydrogens is 276 g/mol. The Kier molecular flexibility index (Phi) is 4.49. The van der Waals surface area contributed by atoms with E-state index >= 15 is 0 Å². The molecule has 1 saturated heterocycles.